The van der Waals surface area contributed by atoms with Gasteiger partial charge >= 0.3 is 0 Å². The Labute approximate surface area is 194 Å². The number of anilines is 1. The lowest BCUT2D eigenvalue weighted by atomic mass is 10.1. The molecule has 3 atom stereocenters. The van der Waals surface area contributed by atoms with Crippen LogP contribution in [0.1, 0.15) is 18.9 Å². The highest BCUT2D eigenvalue weighted by atomic mass is 32.2. The second-order valence-corrected chi connectivity index (χ2v) is 8.31. The van der Waals surface area contributed by atoms with Gasteiger partial charge in [-0.3, -0.25) is 9.62 Å². The van der Waals surface area contributed by atoms with Crippen molar-refractivity contribution in [2.75, 3.05) is 58.4 Å². The normalized spacial score (nSPS) is 24.6. The highest BCUT2D eigenvalue weighted by Crippen LogP contribution is 2.27. The number of ether oxygens (including phenoxy) is 2. The summed E-state index contributed by atoms with van der Waals surface area (Å²) in [6.45, 7) is 7.45. The van der Waals surface area contributed by atoms with Crippen LogP contribution >= 0.6 is 11.9 Å². The molecule has 2 aliphatic heterocycles. The van der Waals surface area contributed by atoms with E-state index in [0.29, 0.717) is 11.3 Å². The summed E-state index contributed by atoms with van der Waals surface area (Å²) < 4.78 is 13.5. The third kappa shape index (κ3) is 8.35. The molecule has 2 heterocycles. The molecule has 0 bridgehead atoms. The van der Waals surface area contributed by atoms with Crippen molar-refractivity contribution < 1.29 is 24.8 Å². The topological polar surface area (TPSA) is 130 Å². The van der Waals surface area contributed by atoms with E-state index in [1.54, 1.807) is 0 Å². The third-order valence-electron chi connectivity index (χ3n) is 5.26. The maximum Gasteiger partial charge on any atom is 0.171 e. The molecule has 1 aromatic rings. The average Bonchev–Trinajstić information content (AvgIpc) is 2.84. The summed E-state index contributed by atoms with van der Waals surface area (Å²) in [6, 6.07) is 9.79. The Morgan fingerprint density at radius 3 is 2.56 bits per heavy atom. The summed E-state index contributed by atoms with van der Waals surface area (Å²) in [4.78, 5) is 2.89. The minimum atomic E-state index is -0.996. The molecule has 3 unspecified atom stereocenters. The van der Waals surface area contributed by atoms with Crippen LogP contribution in [0.2, 0.25) is 0 Å². The van der Waals surface area contributed by atoms with Gasteiger partial charge in [-0.25, -0.2) is 0 Å². The summed E-state index contributed by atoms with van der Waals surface area (Å²) >= 11 is 1.16. The number of hydrogen-bond donors (Lipinski definition) is 5. The van der Waals surface area contributed by atoms with Crippen LogP contribution in [-0.2, 0) is 9.47 Å². The van der Waals surface area contributed by atoms with E-state index in [1.807, 2.05) is 31.2 Å². The summed E-state index contributed by atoms with van der Waals surface area (Å²) in [6.07, 6.45) is -1.24. The Balaban J connectivity index is 0.00000176. The predicted molar refractivity (Wildman–Crippen MR) is 126 cm³/mol. The molecule has 0 aromatic heterocycles. The first-order valence-corrected chi connectivity index (χ1v) is 11.5. The number of hydrogen-bond acceptors (Lipinski definition) is 10. The molecule has 32 heavy (non-hydrogen) atoms. The van der Waals surface area contributed by atoms with Crippen molar-refractivity contribution in [2.45, 2.75) is 31.8 Å². The Kier molecular flexibility index (Phi) is 12.0. The monoisotopic (exact) mass is 466 g/mol. The number of allylic oxidation sites excluding steroid dienone is 2. The molecule has 2 aliphatic rings. The van der Waals surface area contributed by atoms with E-state index < -0.39 is 18.4 Å². The van der Waals surface area contributed by atoms with Crippen LogP contribution in [0.15, 0.2) is 29.2 Å². The fraction of sp³-hybridized carbons (Fsp3) is 0.591. The minimum absolute atomic E-state index is 0.122. The van der Waals surface area contributed by atoms with Gasteiger partial charge in [0.1, 0.15) is 11.0 Å². The van der Waals surface area contributed by atoms with Crippen molar-refractivity contribution in [2.24, 2.45) is 0 Å². The van der Waals surface area contributed by atoms with Crippen LogP contribution in [0.3, 0.4) is 0 Å². The lowest BCUT2D eigenvalue weighted by Gasteiger charge is -2.31. The first-order chi connectivity index (χ1) is 15.6. The first-order valence-electron chi connectivity index (χ1n) is 10.7. The highest BCUT2D eigenvalue weighted by Gasteiger charge is 2.29. The minimum Gasteiger partial charge on any atom is -0.400 e. The summed E-state index contributed by atoms with van der Waals surface area (Å²) in [7, 11) is 1.00. The number of rotatable bonds is 8. The lowest BCUT2D eigenvalue weighted by molar-refractivity contribution is -0.168. The Morgan fingerprint density at radius 1 is 1.22 bits per heavy atom. The fourth-order valence-corrected chi connectivity index (χ4v) is 4.18. The standard InChI is InChI=1S/C21H30N4O4S.CH4O/c1-15(20(13-22)30-24-19-12-18(26)14-29-21(19)27)16-2-4-17(5-3-16)23-6-7-25-8-10-28-11-9-25;1-2/h2-5,18-19,21,23-24,26-27H,6-12,14H2,1H3;2H,1H3/b20-15+;. The van der Waals surface area contributed by atoms with Crippen LogP contribution in [0.4, 0.5) is 5.69 Å². The summed E-state index contributed by atoms with van der Waals surface area (Å²) in [5.74, 6) is 0. The van der Waals surface area contributed by atoms with Crippen LogP contribution < -0.4 is 10.0 Å². The van der Waals surface area contributed by atoms with E-state index in [-0.39, 0.29) is 6.61 Å². The zero-order chi connectivity index (χ0) is 23.3. The molecule has 2 saturated heterocycles. The average molecular weight is 467 g/mol. The van der Waals surface area contributed by atoms with Gasteiger partial charge in [-0.05, 0) is 48.6 Å². The number of aliphatic hydroxyl groups excluding tert-OH is 3. The number of aliphatic hydroxyl groups is 3. The molecule has 9 nitrogen and oxygen atoms in total. The van der Waals surface area contributed by atoms with Gasteiger partial charge in [-0.1, -0.05) is 12.1 Å². The van der Waals surface area contributed by atoms with Gasteiger partial charge < -0.3 is 30.1 Å². The van der Waals surface area contributed by atoms with Crippen LogP contribution in [0, 0.1) is 11.3 Å². The maximum atomic E-state index is 9.89. The molecule has 5 N–H and O–H groups in total. The molecule has 3 rings (SSSR count). The molecule has 10 heteroatoms. The van der Waals surface area contributed by atoms with E-state index in [4.69, 9.17) is 14.6 Å². The molecule has 0 aliphatic carbocycles. The quantitative estimate of drug-likeness (QED) is 0.279. The lowest BCUT2D eigenvalue weighted by Crippen LogP contribution is -2.46. The van der Waals surface area contributed by atoms with Gasteiger partial charge in [-0.2, -0.15) is 5.26 Å². The van der Waals surface area contributed by atoms with E-state index in [0.717, 1.165) is 75.3 Å². The van der Waals surface area contributed by atoms with Gasteiger partial charge in [0.25, 0.3) is 0 Å². The molecule has 0 radical (unpaired) electrons. The highest BCUT2D eigenvalue weighted by molar-refractivity contribution is 8.01. The predicted octanol–water partition coefficient (Wildman–Crippen LogP) is 1.000. The largest absolute Gasteiger partial charge is 0.400 e. The van der Waals surface area contributed by atoms with Crippen LogP contribution in [-0.4, -0.2) is 91.8 Å². The third-order valence-corrected chi connectivity index (χ3v) is 6.29. The second-order valence-electron chi connectivity index (χ2n) is 7.46. The molecule has 0 amide bonds. The van der Waals surface area contributed by atoms with Crippen molar-refractivity contribution >= 4 is 23.2 Å². The summed E-state index contributed by atoms with van der Waals surface area (Å²) in [5.41, 5.74) is 2.85. The number of nitrogens with zero attached hydrogens (tertiary/aromatic N) is 2. The molecule has 178 valence electrons. The fourth-order valence-electron chi connectivity index (χ4n) is 3.38. The van der Waals surface area contributed by atoms with Crippen LogP contribution in [0.5, 0.6) is 0 Å². The van der Waals surface area contributed by atoms with Gasteiger partial charge in [0.2, 0.25) is 0 Å². The van der Waals surface area contributed by atoms with Crippen LogP contribution in [0.25, 0.3) is 5.57 Å². The van der Waals surface area contributed by atoms with Gasteiger partial charge in [0, 0.05) is 39.0 Å². The molecular weight excluding hydrogens is 432 g/mol. The molecule has 2 fully saturated rings. The maximum absolute atomic E-state index is 9.89. The number of morpholine rings is 1. The van der Waals surface area contributed by atoms with Gasteiger partial charge in [-0.15, -0.1) is 0 Å². The molecule has 1 aromatic carbocycles. The van der Waals surface area contributed by atoms with Crippen molar-refractivity contribution in [3.05, 3.63) is 34.7 Å². The van der Waals surface area contributed by atoms with Gasteiger partial charge in [0.15, 0.2) is 6.29 Å². The van der Waals surface area contributed by atoms with Crippen molar-refractivity contribution in [1.29, 1.82) is 5.26 Å². The number of nitrogens with one attached hydrogen (secondary N) is 2. The second kappa shape index (κ2) is 14.5. The van der Waals surface area contributed by atoms with E-state index in [9.17, 15) is 15.5 Å². The van der Waals surface area contributed by atoms with Crippen molar-refractivity contribution in [1.82, 2.24) is 9.62 Å². The Hall–Kier alpha value is -1.68. The number of benzene rings is 1. The van der Waals surface area contributed by atoms with E-state index >= 15 is 0 Å². The zero-order valence-electron chi connectivity index (χ0n) is 18.7. The van der Waals surface area contributed by atoms with Gasteiger partial charge in [0.05, 0.1) is 32.0 Å². The smallest absolute Gasteiger partial charge is 0.171 e. The molecule has 0 spiro atoms. The van der Waals surface area contributed by atoms with Crippen molar-refractivity contribution in [3.63, 3.8) is 0 Å². The van der Waals surface area contributed by atoms with Crippen molar-refractivity contribution in [3.8, 4) is 6.07 Å². The van der Waals surface area contributed by atoms with E-state index in [1.165, 1.54) is 0 Å². The SMILES string of the molecule is C/C(=C(/C#N)SNC1CC(O)COC1O)c1ccc(NCCN2CCOCC2)cc1.CO. The first kappa shape index (κ1) is 26.6. The number of nitriles is 1. The zero-order valence-corrected chi connectivity index (χ0v) is 19.5. The molecular formula is C22H34N4O5S. The summed E-state index contributed by atoms with van der Waals surface area (Å²) in [5, 5.41) is 39.6. The Bertz CT molecular complexity index is 750. The molecule has 0 saturated carbocycles. The van der Waals surface area contributed by atoms with E-state index in [2.05, 4.69) is 21.0 Å². The Morgan fingerprint density at radius 2 is 1.91 bits per heavy atom.